The minimum atomic E-state index is 0.434. The fourth-order valence-corrected chi connectivity index (χ4v) is 2.09. The van der Waals surface area contributed by atoms with Gasteiger partial charge in [-0.1, -0.05) is 5.18 Å². The molecule has 5 nitrogen and oxygen atoms in total. The number of anilines is 1. The molecule has 0 spiro atoms. The van der Waals surface area contributed by atoms with Gasteiger partial charge in [0.05, 0.1) is 11.0 Å². The van der Waals surface area contributed by atoms with E-state index in [1.54, 1.807) is 12.4 Å². The first-order valence-electron chi connectivity index (χ1n) is 5.31. The highest BCUT2D eigenvalue weighted by atomic mass is 79.9. The van der Waals surface area contributed by atoms with Crippen LogP contribution in [0.1, 0.15) is 12.8 Å². The minimum absolute atomic E-state index is 0.434. The second kappa shape index (κ2) is 5.34. The molecule has 16 heavy (non-hydrogen) atoms. The summed E-state index contributed by atoms with van der Waals surface area (Å²) in [5.41, 5.74) is 0. The molecular formula is C10H13BrN4O. The van der Waals surface area contributed by atoms with E-state index in [-0.39, 0.29) is 0 Å². The molecule has 1 fully saturated rings. The summed E-state index contributed by atoms with van der Waals surface area (Å²) in [6.07, 6.45) is 5.49. The number of nitroso groups, excluding NO2 is 1. The molecule has 0 unspecified atom stereocenters. The second-order valence-electron chi connectivity index (χ2n) is 3.94. The summed E-state index contributed by atoms with van der Waals surface area (Å²) >= 11 is 3.31. The molecule has 1 aromatic rings. The Labute approximate surface area is 102 Å². The molecule has 0 saturated carbocycles. The van der Waals surface area contributed by atoms with Crippen molar-refractivity contribution < 1.29 is 0 Å². The van der Waals surface area contributed by atoms with E-state index >= 15 is 0 Å². The van der Waals surface area contributed by atoms with E-state index in [2.05, 4.69) is 36.0 Å². The lowest BCUT2D eigenvalue weighted by Gasteiger charge is -2.30. The van der Waals surface area contributed by atoms with Crippen molar-refractivity contribution in [3.63, 3.8) is 0 Å². The van der Waals surface area contributed by atoms with Crippen LogP contribution in [0.25, 0.3) is 0 Å². The van der Waals surface area contributed by atoms with Gasteiger partial charge in [0.1, 0.15) is 0 Å². The van der Waals surface area contributed by atoms with Gasteiger partial charge in [-0.3, -0.25) is 0 Å². The first kappa shape index (κ1) is 11.4. The van der Waals surface area contributed by atoms with E-state index in [4.69, 9.17) is 0 Å². The SMILES string of the molecule is O=NCC1CCN(c2ncc(Br)cn2)CC1. The van der Waals surface area contributed by atoms with Crippen molar-refractivity contribution in [1.29, 1.82) is 0 Å². The number of hydrogen-bond acceptors (Lipinski definition) is 5. The topological polar surface area (TPSA) is 58.5 Å². The molecule has 0 aliphatic carbocycles. The zero-order chi connectivity index (χ0) is 11.4. The normalized spacial score (nSPS) is 17.4. The number of rotatable bonds is 3. The Morgan fingerprint density at radius 2 is 2.00 bits per heavy atom. The highest BCUT2D eigenvalue weighted by molar-refractivity contribution is 9.10. The summed E-state index contributed by atoms with van der Waals surface area (Å²) in [6, 6.07) is 0. The zero-order valence-electron chi connectivity index (χ0n) is 8.84. The molecular weight excluding hydrogens is 272 g/mol. The molecule has 1 aromatic heterocycles. The Hall–Kier alpha value is -1.04. The molecule has 2 rings (SSSR count). The second-order valence-corrected chi connectivity index (χ2v) is 4.86. The molecule has 0 N–H and O–H groups in total. The Kier molecular flexibility index (Phi) is 3.82. The predicted molar refractivity (Wildman–Crippen MR) is 65.3 cm³/mol. The van der Waals surface area contributed by atoms with Gasteiger partial charge in [-0.2, -0.15) is 4.91 Å². The van der Waals surface area contributed by atoms with Crippen LogP contribution in [0.15, 0.2) is 22.0 Å². The van der Waals surface area contributed by atoms with Gasteiger partial charge in [0.25, 0.3) is 0 Å². The van der Waals surface area contributed by atoms with Crippen LogP contribution in [-0.2, 0) is 0 Å². The molecule has 0 amide bonds. The van der Waals surface area contributed by atoms with Gasteiger partial charge in [-0.15, -0.1) is 0 Å². The van der Waals surface area contributed by atoms with Gasteiger partial charge in [-0.25, -0.2) is 9.97 Å². The van der Waals surface area contributed by atoms with Crippen molar-refractivity contribution in [3.8, 4) is 0 Å². The van der Waals surface area contributed by atoms with E-state index in [1.807, 2.05) is 0 Å². The summed E-state index contributed by atoms with van der Waals surface area (Å²) < 4.78 is 0.885. The number of nitrogens with zero attached hydrogens (tertiary/aromatic N) is 4. The van der Waals surface area contributed by atoms with Gasteiger partial charge >= 0.3 is 0 Å². The monoisotopic (exact) mass is 284 g/mol. The van der Waals surface area contributed by atoms with Gasteiger partial charge in [0.15, 0.2) is 0 Å². The summed E-state index contributed by atoms with van der Waals surface area (Å²) in [6.45, 7) is 2.25. The largest absolute Gasteiger partial charge is 0.341 e. The number of hydrogen-bond donors (Lipinski definition) is 0. The van der Waals surface area contributed by atoms with Gasteiger partial charge in [0, 0.05) is 25.5 Å². The fraction of sp³-hybridized carbons (Fsp3) is 0.600. The van der Waals surface area contributed by atoms with E-state index in [1.165, 1.54) is 0 Å². The summed E-state index contributed by atoms with van der Waals surface area (Å²) in [4.78, 5) is 20.8. The van der Waals surface area contributed by atoms with Crippen LogP contribution in [0, 0.1) is 10.8 Å². The van der Waals surface area contributed by atoms with Gasteiger partial charge in [0.2, 0.25) is 5.95 Å². The Bertz CT molecular complexity index is 348. The zero-order valence-corrected chi connectivity index (χ0v) is 10.4. The molecule has 0 radical (unpaired) electrons. The highest BCUT2D eigenvalue weighted by Crippen LogP contribution is 2.21. The maximum atomic E-state index is 10.2. The summed E-state index contributed by atoms with van der Waals surface area (Å²) in [5.74, 6) is 1.20. The van der Waals surface area contributed by atoms with Crippen molar-refractivity contribution in [2.24, 2.45) is 11.1 Å². The Balaban J connectivity index is 1.93. The molecule has 6 heteroatoms. The standard InChI is InChI=1S/C10H13BrN4O/c11-9-6-12-10(13-7-9)15-3-1-8(2-4-15)5-14-16/h6-8H,1-5H2. The van der Waals surface area contributed by atoms with Crippen LogP contribution in [-0.4, -0.2) is 29.6 Å². The molecule has 1 aliphatic heterocycles. The van der Waals surface area contributed by atoms with Crippen LogP contribution in [0.4, 0.5) is 5.95 Å². The summed E-state index contributed by atoms with van der Waals surface area (Å²) in [5, 5.41) is 2.96. The molecule has 1 aliphatic rings. The first-order valence-corrected chi connectivity index (χ1v) is 6.10. The third-order valence-corrected chi connectivity index (χ3v) is 3.25. The van der Waals surface area contributed by atoms with Crippen molar-refractivity contribution in [1.82, 2.24) is 9.97 Å². The third-order valence-electron chi connectivity index (χ3n) is 2.84. The average molecular weight is 285 g/mol. The van der Waals surface area contributed by atoms with E-state index in [0.717, 1.165) is 36.4 Å². The van der Waals surface area contributed by atoms with E-state index in [0.29, 0.717) is 12.5 Å². The Morgan fingerprint density at radius 1 is 1.38 bits per heavy atom. The van der Waals surface area contributed by atoms with Crippen LogP contribution >= 0.6 is 15.9 Å². The molecule has 0 bridgehead atoms. The quantitative estimate of drug-likeness (QED) is 0.799. The molecule has 0 aromatic carbocycles. The Morgan fingerprint density at radius 3 is 2.56 bits per heavy atom. The highest BCUT2D eigenvalue weighted by Gasteiger charge is 2.20. The van der Waals surface area contributed by atoms with Crippen LogP contribution in [0.3, 0.4) is 0 Å². The fourth-order valence-electron chi connectivity index (χ4n) is 1.89. The molecule has 86 valence electrons. The van der Waals surface area contributed by atoms with Crippen molar-refractivity contribution in [2.75, 3.05) is 24.5 Å². The van der Waals surface area contributed by atoms with Gasteiger partial charge in [-0.05, 0) is 34.7 Å². The maximum Gasteiger partial charge on any atom is 0.225 e. The molecule has 0 atom stereocenters. The van der Waals surface area contributed by atoms with Crippen LogP contribution in [0.5, 0.6) is 0 Å². The van der Waals surface area contributed by atoms with Crippen LogP contribution in [0.2, 0.25) is 0 Å². The number of halogens is 1. The van der Waals surface area contributed by atoms with E-state index < -0.39 is 0 Å². The third kappa shape index (κ3) is 2.75. The predicted octanol–water partition coefficient (Wildman–Crippen LogP) is 2.22. The smallest absolute Gasteiger partial charge is 0.225 e. The lowest BCUT2D eigenvalue weighted by atomic mass is 9.97. The van der Waals surface area contributed by atoms with Crippen molar-refractivity contribution >= 4 is 21.9 Å². The summed E-state index contributed by atoms with van der Waals surface area (Å²) in [7, 11) is 0. The number of piperidine rings is 1. The molecule has 2 heterocycles. The van der Waals surface area contributed by atoms with Crippen molar-refractivity contribution in [2.45, 2.75) is 12.8 Å². The minimum Gasteiger partial charge on any atom is -0.341 e. The van der Waals surface area contributed by atoms with E-state index in [9.17, 15) is 4.91 Å². The lowest BCUT2D eigenvalue weighted by Crippen LogP contribution is -2.35. The maximum absolute atomic E-state index is 10.2. The lowest BCUT2D eigenvalue weighted by molar-refractivity contribution is 0.411. The average Bonchev–Trinajstić information content (AvgIpc) is 2.32. The van der Waals surface area contributed by atoms with Crippen molar-refractivity contribution in [3.05, 3.63) is 21.8 Å². The first-order chi connectivity index (χ1) is 7.79. The van der Waals surface area contributed by atoms with Gasteiger partial charge < -0.3 is 4.90 Å². The molecule has 1 saturated heterocycles. The van der Waals surface area contributed by atoms with Crippen LogP contribution < -0.4 is 4.90 Å². The number of aromatic nitrogens is 2.